The molecular formula is C20H20N2OS2. The predicted molar refractivity (Wildman–Crippen MR) is 107 cm³/mol. The minimum absolute atomic E-state index is 0.0000789. The lowest BCUT2D eigenvalue weighted by molar-refractivity contribution is -0.115. The number of aryl methyl sites for hydroxylation is 1. The van der Waals surface area contributed by atoms with E-state index >= 15 is 0 Å². The summed E-state index contributed by atoms with van der Waals surface area (Å²) in [7, 11) is 0. The molecule has 0 saturated carbocycles. The molecule has 0 atom stereocenters. The molecule has 0 saturated heterocycles. The first-order valence-corrected chi connectivity index (χ1v) is 10.1. The van der Waals surface area contributed by atoms with Crippen molar-refractivity contribution in [3.05, 3.63) is 76.3 Å². The van der Waals surface area contributed by atoms with E-state index in [4.69, 9.17) is 0 Å². The Morgan fingerprint density at radius 1 is 1.12 bits per heavy atom. The van der Waals surface area contributed by atoms with Gasteiger partial charge in [-0.2, -0.15) is 0 Å². The fourth-order valence-electron chi connectivity index (χ4n) is 2.61. The van der Waals surface area contributed by atoms with Crippen LogP contribution in [0, 0.1) is 6.92 Å². The molecule has 1 N–H and O–H groups in total. The zero-order valence-electron chi connectivity index (χ0n) is 14.3. The molecule has 0 bridgehead atoms. The first kappa shape index (κ1) is 17.7. The Labute approximate surface area is 156 Å². The number of amides is 1. The number of thiazole rings is 1. The van der Waals surface area contributed by atoms with Crippen LogP contribution < -0.4 is 5.32 Å². The van der Waals surface area contributed by atoms with Gasteiger partial charge < -0.3 is 5.32 Å². The summed E-state index contributed by atoms with van der Waals surface area (Å²) in [5.74, 6) is -0.0000789. The topological polar surface area (TPSA) is 42.0 Å². The highest BCUT2D eigenvalue weighted by Gasteiger charge is 2.13. The number of para-hydroxylation sites is 1. The van der Waals surface area contributed by atoms with Gasteiger partial charge in [-0.25, -0.2) is 4.98 Å². The fraction of sp³-hybridized carbons (Fsp3) is 0.200. The number of benzene rings is 2. The summed E-state index contributed by atoms with van der Waals surface area (Å²) in [4.78, 5) is 18.0. The molecule has 0 aliphatic rings. The molecule has 25 heavy (non-hydrogen) atoms. The van der Waals surface area contributed by atoms with E-state index in [9.17, 15) is 4.79 Å². The standard InChI is InChI=1S/C20H20N2OS2/c1-14-18(25-20(21-14)24-2)13-19(23)22-17-11-7-6-10-16(17)12-15-8-4-3-5-9-15/h3-11H,12-13H2,1-2H3,(H,22,23). The summed E-state index contributed by atoms with van der Waals surface area (Å²) >= 11 is 3.21. The molecule has 0 aliphatic heterocycles. The van der Waals surface area contributed by atoms with Crippen LogP contribution in [0.2, 0.25) is 0 Å². The fourth-order valence-corrected chi connectivity index (χ4v) is 4.26. The quantitative estimate of drug-likeness (QED) is 0.626. The maximum atomic E-state index is 12.5. The largest absolute Gasteiger partial charge is 0.326 e. The highest BCUT2D eigenvalue weighted by Crippen LogP contribution is 2.26. The van der Waals surface area contributed by atoms with E-state index < -0.39 is 0 Å². The van der Waals surface area contributed by atoms with Gasteiger partial charge in [0.05, 0.1) is 12.1 Å². The predicted octanol–water partition coefficient (Wildman–Crippen LogP) is 4.95. The van der Waals surface area contributed by atoms with Crippen LogP contribution in [0.25, 0.3) is 0 Å². The van der Waals surface area contributed by atoms with Crippen LogP contribution in [0.4, 0.5) is 5.69 Å². The van der Waals surface area contributed by atoms with Crippen molar-refractivity contribution in [2.45, 2.75) is 24.1 Å². The first-order valence-electron chi connectivity index (χ1n) is 8.07. The van der Waals surface area contributed by atoms with E-state index in [-0.39, 0.29) is 5.91 Å². The molecule has 3 nitrogen and oxygen atoms in total. The van der Waals surface area contributed by atoms with Crippen LogP contribution >= 0.6 is 23.1 Å². The minimum atomic E-state index is -0.0000789. The van der Waals surface area contributed by atoms with Gasteiger partial charge in [-0.3, -0.25) is 4.79 Å². The van der Waals surface area contributed by atoms with Gasteiger partial charge in [0.1, 0.15) is 4.34 Å². The maximum absolute atomic E-state index is 12.5. The van der Waals surface area contributed by atoms with Gasteiger partial charge in [-0.1, -0.05) is 60.3 Å². The first-order chi connectivity index (χ1) is 12.2. The summed E-state index contributed by atoms with van der Waals surface area (Å²) < 4.78 is 1.00. The average molecular weight is 369 g/mol. The summed E-state index contributed by atoms with van der Waals surface area (Å²) in [6, 6.07) is 18.3. The number of hydrogen-bond acceptors (Lipinski definition) is 4. The lowest BCUT2D eigenvalue weighted by atomic mass is 10.0. The molecule has 0 spiro atoms. The highest BCUT2D eigenvalue weighted by molar-refractivity contribution is 8.00. The third kappa shape index (κ3) is 4.71. The van der Waals surface area contributed by atoms with Gasteiger partial charge in [-0.15, -0.1) is 11.3 Å². The number of aromatic nitrogens is 1. The number of hydrogen-bond donors (Lipinski definition) is 1. The summed E-state index contributed by atoms with van der Waals surface area (Å²) in [5.41, 5.74) is 4.17. The zero-order valence-corrected chi connectivity index (χ0v) is 15.9. The molecule has 1 heterocycles. The number of anilines is 1. The van der Waals surface area contributed by atoms with Gasteiger partial charge in [0, 0.05) is 10.6 Å². The van der Waals surface area contributed by atoms with Crippen molar-refractivity contribution in [3.8, 4) is 0 Å². The summed E-state index contributed by atoms with van der Waals surface area (Å²) in [6.45, 7) is 1.96. The second-order valence-corrected chi connectivity index (χ2v) is 7.87. The monoisotopic (exact) mass is 368 g/mol. The Morgan fingerprint density at radius 3 is 2.56 bits per heavy atom. The lowest BCUT2D eigenvalue weighted by Crippen LogP contribution is -2.15. The van der Waals surface area contributed by atoms with E-state index in [1.165, 1.54) is 5.56 Å². The van der Waals surface area contributed by atoms with Crippen LogP contribution in [0.15, 0.2) is 58.9 Å². The molecule has 0 fully saturated rings. The third-order valence-corrected chi connectivity index (χ3v) is 6.04. The number of nitrogens with one attached hydrogen (secondary N) is 1. The molecule has 3 rings (SSSR count). The van der Waals surface area contributed by atoms with Gasteiger partial charge in [0.2, 0.25) is 5.91 Å². The molecule has 3 aromatic rings. The van der Waals surface area contributed by atoms with E-state index in [1.54, 1.807) is 23.1 Å². The Balaban J connectivity index is 1.72. The average Bonchev–Trinajstić information content (AvgIpc) is 2.97. The SMILES string of the molecule is CSc1nc(C)c(CC(=O)Nc2ccccc2Cc2ccccc2)s1. The lowest BCUT2D eigenvalue weighted by Gasteiger charge is -2.11. The number of carbonyl (C=O) groups is 1. The third-order valence-electron chi connectivity index (χ3n) is 3.90. The summed E-state index contributed by atoms with van der Waals surface area (Å²) in [6.07, 6.45) is 3.17. The number of thioether (sulfide) groups is 1. The Morgan fingerprint density at radius 2 is 1.84 bits per heavy atom. The van der Waals surface area contributed by atoms with Gasteiger partial charge in [0.15, 0.2) is 0 Å². The Bertz CT molecular complexity index is 859. The van der Waals surface area contributed by atoms with Crippen LogP contribution in [0.5, 0.6) is 0 Å². The Hall–Kier alpha value is -2.11. The van der Waals surface area contributed by atoms with Crippen molar-refractivity contribution in [2.24, 2.45) is 0 Å². The number of nitrogens with zero attached hydrogens (tertiary/aromatic N) is 1. The van der Waals surface area contributed by atoms with Gasteiger partial charge in [-0.05, 0) is 36.8 Å². The van der Waals surface area contributed by atoms with E-state index in [2.05, 4.69) is 28.5 Å². The van der Waals surface area contributed by atoms with Gasteiger partial charge in [0.25, 0.3) is 0 Å². The molecule has 0 radical (unpaired) electrons. The van der Waals surface area contributed by atoms with E-state index in [1.807, 2.05) is 49.6 Å². The van der Waals surface area contributed by atoms with Crippen LogP contribution in [-0.2, 0) is 17.6 Å². The molecule has 0 unspecified atom stereocenters. The van der Waals surface area contributed by atoms with Crippen LogP contribution in [0.1, 0.15) is 21.7 Å². The smallest absolute Gasteiger partial charge is 0.229 e. The molecule has 128 valence electrons. The second kappa shape index (κ2) is 8.32. The van der Waals surface area contributed by atoms with Crippen molar-refractivity contribution < 1.29 is 4.79 Å². The Kier molecular flexibility index (Phi) is 5.89. The molecule has 1 aromatic heterocycles. The molecular weight excluding hydrogens is 348 g/mol. The van der Waals surface area contributed by atoms with Crippen molar-refractivity contribution in [1.29, 1.82) is 0 Å². The maximum Gasteiger partial charge on any atom is 0.229 e. The summed E-state index contributed by atoms with van der Waals surface area (Å²) in [5, 5.41) is 3.07. The normalized spacial score (nSPS) is 10.6. The number of rotatable bonds is 6. The van der Waals surface area contributed by atoms with Crippen LogP contribution in [0.3, 0.4) is 0 Å². The minimum Gasteiger partial charge on any atom is -0.326 e. The molecule has 0 aliphatic carbocycles. The van der Waals surface area contributed by atoms with E-state index in [0.29, 0.717) is 6.42 Å². The molecule has 1 amide bonds. The molecule has 2 aromatic carbocycles. The van der Waals surface area contributed by atoms with Crippen molar-refractivity contribution in [1.82, 2.24) is 4.98 Å². The highest BCUT2D eigenvalue weighted by atomic mass is 32.2. The van der Waals surface area contributed by atoms with Crippen molar-refractivity contribution >= 4 is 34.7 Å². The van der Waals surface area contributed by atoms with Crippen LogP contribution in [-0.4, -0.2) is 17.1 Å². The zero-order chi connectivity index (χ0) is 17.6. The number of carbonyl (C=O) groups excluding carboxylic acids is 1. The van der Waals surface area contributed by atoms with Crippen molar-refractivity contribution in [2.75, 3.05) is 11.6 Å². The molecule has 5 heteroatoms. The van der Waals surface area contributed by atoms with E-state index in [0.717, 1.165) is 32.6 Å². The second-order valence-electron chi connectivity index (χ2n) is 5.74. The van der Waals surface area contributed by atoms with Gasteiger partial charge >= 0.3 is 0 Å². The van der Waals surface area contributed by atoms with Crippen molar-refractivity contribution in [3.63, 3.8) is 0 Å².